The molecule has 2 unspecified atom stereocenters. The molecule has 3 aliphatic rings. The Morgan fingerprint density at radius 1 is 1.30 bits per heavy atom. The van der Waals surface area contributed by atoms with Crippen LogP contribution in [-0.4, -0.2) is 60.2 Å². The number of nitrogens with zero attached hydrogens (tertiary/aromatic N) is 5. The number of nitrogens with one attached hydrogen (secondary N) is 1. The number of urea groups is 1. The number of likely N-dealkylation sites (N-methyl/N-ethyl adjacent to an activating group) is 1. The molecule has 1 aliphatic carbocycles. The van der Waals surface area contributed by atoms with Gasteiger partial charge in [0.1, 0.15) is 11.6 Å². The van der Waals surface area contributed by atoms with Crippen molar-refractivity contribution in [3.05, 3.63) is 29.3 Å². The first-order valence-electron chi connectivity index (χ1n) is 9.54. The molecule has 7 nitrogen and oxygen atoms in total. The lowest BCUT2D eigenvalue weighted by molar-refractivity contribution is 0.248. The predicted molar refractivity (Wildman–Crippen MR) is 108 cm³/mol. The van der Waals surface area contributed by atoms with Crippen molar-refractivity contribution in [3.63, 3.8) is 0 Å². The van der Waals surface area contributed by atoms with Gasteiger partial charge in [0.15, 0.2) is 5.13 Å². The highest BCUT2D eigenvalue weighted by Gasteiger charge is 2.48. The van der Waals surface area contributed by atoms with E-state index in [1.807, 2.05) is 10.3 Å². The van der Waals surface area contributed by atoms with Crippen LogP contribution in [0.15, 0.2) is 23.7 Å². The third-order valence-electron chi connectivity index (χ3n) is 6.17. The molecule has 1 N–H and O–H groups in total. The first kappa shape index (κ1) is 16.9. The monoisotopic (exact) mass is 384 g/mol. The molecule has 0 radical (unpaired) electrons. The fraction of sp³-hybridized carbons (Fsp3) is 0.526. The molecule has 27 heavy (non-hydrogen) atoms. The lowest BCUT2D eigenvalue weighted by Gasteiger charge is -2.35. The number of carbonyl (C=O) groups excluding carboxylic acids is 1. The van der Waals surface area contributed by atoms with Crippen molar-refractivity contribution < 1.29 is 4.79 Å². The molecule has 3 atom stereocenters. The van der Waals surface area contributed by atoms with Gasteiger partial charge in [-0.25, -0.2) is 14.8 Å². The third kappa shape index (κ3) is 2.78. The van der Waals surface area contributed by atoms with E-state index >= 15 is 0 Å². The lowest BCUT2D eigenvalue weighted by atomic mass is 9.78. The van der Waals surface area contributed by atoms with Gasteiger partial charge in [-0.15, -0.1) is 11.3 Å². The maximum atomic E-state index is 13.0. The molecule has 2 aliphatic heterocycles. The maximum Gasteiger partial charge on any atom is 0.329 e. The fourth-order valence-electron chi connectivity index (χ4n) is 4.47. The van der Waals surface area contributed by atoms with Crippen LogP contribution in [0.1, 0.15) is 30.7 Å². The Morgan fingerprint density at radius 2 is 2.19 bits per heavy atom. The summed E-state index contributed by atoms with van der Waals surface area (Å²) < 4.78 is 0. The smallest absolute Gasteiger partial charge is 0.329 e. The SMILES string of the molecule is CN(C)[C@H]1CCN(c2ccc3c(n2)N(C(=O)Nc2nccs2)C2CCC32)C1. The van der Waals surface area contributed by atoms with Crippen LogP contribution in [0, 0.1) is 0 Å². The van der Waals surface area contributed by atoms with Crippen molar-refractivity contribution >= 4 is 34.1 Å². The summed E-state index contributed by atoms with van der Waals surface area (Å²) in [7, 11) is 4.26. The number of fused-ring (bicyclic) bond motifs is 3. The number of pyridine rings is 1. The number of hydrogen-bond donors (Lipinski definition) is 1. The minimum atomic E-state index is -0.115. The van der Waals surface area contributed by atoms with Crippen LogP contribution in [-0.2, 0) is 0 Å². The number of rotatable bonds is 3. The molecule has 8 heteroatoms. The van der Waals surface area contributed by atoms with Gasteiger partial charge in [-0.05, 0) is 39.4 Å². The van der Waals surface area contributed by atoms with Gasteiger partial charge < -0.3 is 9.80 Å². The summed E-state index contributed by atoms with van der Waals surface area (Å²) in [5.41, 5.74) is 1.22. The standard InChI is InChI=1S/C19H24N6OS/c1-23(2)12-7-9-24(11-12)16-6-4-14-13-3-5-15(13)25(17(14)21-16)19(26)22-18-20-8-10-27-18/h4,6,8,10,12-13,15H,3,5,7,9,11H2,1-2H3,(H,20,22,26)/t12-,13?,15?/m0/s1. The van der Waals surface area contributed by atoms with E-state index in [-0.39, 0.29) is 12.1 Å². The summed E-state index contributed by atoms with van der Waals surface area (Å²) in [5, 5.41) is 5.43. The largest absolute Gasteiger partial charge is 0.355 e. The Balaban J connectivity index is 1.42. The number of carbonyl (C=O) groups is 1. The Bertz CT molecular complexity index is 854. The van der Waals surface area contributed by atoms with E-state index in [1.165, 1.54) is 16.9 Å². The molecule has 0 bridgehead atoms. The number of thiazole rings is 1. The Labute approximate surface area is 163 Å². The van der Waals surface area contributed by atoms with Crippen molar-refractivity contribution in [2.45, 2.75) is 37.3 Å². The second-order valence-electron chi connectivity index (χ2n) is 7.82. The second-order valence-corrected chi connectivity index (χ2v) is 8.72. The Hall–Kier alpha value is -2.19. The summed E-state index contributed by atoms with van der Waals surface area (Å²) in [6.07, 6.45) is 5.01. The molecule has 4 heterocycles. The van der Waals surface area contributed by atoms with Crippen LogP contribution in [0.25, 0.3) is 0 Å². The lowest BCUT2D eigenvalue weighted by Crippen LogP contribution is -2.46. The predicted octanol–water partition coefficient (Wildman–Crippen LogP) is 2.98. The molecule has 2 fully saturated rings. The van der Waals surface area contributed by atoms with Crippen LogP contribution < -0.4 is 15.1 Å². The highest BCUT2D eigenvalue weighted by atomic mass is 32.1. The molecule has 0 spiro atoms. The van der Waals surface area contributed by atoms with E-state index in [0.717, 1.165) is 44.0 Å². The highest BCUT2D eigenvalue weighted by Crippen LogP contribution is 2.51. The first-order chi connectivity index (χ1) is 13.1. The van der Waals surface area contributed by atoms with Crippen molar-refractivity contribution in [1.29, 1.82) is 0 Å². The summed E-state index contributed by atoms with van der Waals surface area (Å²) in [5.74, 6) is 2.24. The van der Waals surface area contributed by atoms with E-state index in [1.54, 1.807) is 6.20 Å². The van der Waals surface area contributed by atoms with E-state index in [4.69, 9.17) is 4.98 Å². The van der Waals surface area contributed by atoms with Gasteiger partial charge in [-0.1, -0.05) is 6.07 Å². The Kier molecular flexibility index (Phi) is 4.05. The average molecular weight is 385 g/mol. The molecule has 2 aromatic rings. The molecule has 142 valence electrons. The van der Waals surface area contributed by atoms with E-state index in [9.17, 15) is 4.79 Å². The molecule has 1 saturated carbocycles. The van der Waals surface area contributed by atoms with Gasteiger partial charge in [0, 0.05) is 48.2 Å². The zero-order valence-corrected chi connectivity index (χ0v) is 16.4. The summed E-state index contributed by atoms with van der Waals surface area (Å²) in [4.78, 5) is 28.6. The van der Waals surface area contributed by atoms with Gasteiger partial charge in [-0.2, -0.15) is 0 Å². The highest BCUT2D eigenvalue weighted by molar-refractivity contribution is 7.13. The third-order valence-corrected chi connectivity index (χ3v) is 6.86. The molecule has 1 saturated heterocycles. The van der Waals surface area contributed by atoms with Crippen LogP contribution in [0.3, 0.4) is 0 Å². The van der Waals surface area contributed by atoms with Crippen molar-refractivity contribution in [2.24, 2.45) is 0 Å². The molecule has 2 amide bonds. The van der Waals surface area contributed by atoms with Gasteiger partial charge in [0.05, 0.1) is 0 Å². The zero-order valence-electron chi connectivity index (χ0n) is 15.6. The molecule has 2 aromatic heterocycles. The number of amides is 2. The molecule has 0 aromatic carbocycles. The number of hydrogen-bond acceptors (Lipinski definition) is 6. The molecule has 5 rings (SSSR count). The van der Waals surface area contributed by atoms with E-state index in [0.29, 0.717) is 17.1 Å². The van der Waals surface area contributed by atoms with Gasteiger partial charge >= 0.3 is 6.03 Å². The Morgan fingerprint density at radius 3 is 2.85 bits per heavy atom. The van der Waals surface area contributed by atoms with E-state index < -0.39 is 0 Å². The summed E-state index contributed by atoms with van der Waals surface area (Å²) in [6.45, 7) is 1.99. The van der Waals surface area contributed by atoms with Crippen LogP contribution in [0.2, 0.25) is 0 Å². The number of aromatic nitrogens is 2. The fourth-order valence-corrected chi connectivity index (χ4v) is 4.99. The first-order valence-corrected chi connectivity index (χ1v) is 10.4. The minimum absolute atomic E-state index is 0.115. The summed E-state index contributed by atoms with van der Waals surface area (Å²) in [6, 6.07) is 5.00. The normalized spacial score (nSPS) is 26.1. The van der Waals surface area contributed by atoms with Crippen molar-refractivity contribution in [1.82, 2.24) is 14.9 Å². The molecular weight excluding hydrogens is 360 g/mol. The van der Waals surface area contributed by atoms with Gasteiger partial charge in [0.25, 0.3) is 0 Å². The summed E-state index contributed by atoms with van der Waals surface area (Å²) >= 11 is 1.43. The topological polar surface area (TPSA) is 64.6 Å². The average Bonchev–Trinajstić information content (AvgIpc) is 3.33. The maximum absolute atomic E-state index is 13.0. The second kappa shape index (κ2) is 6.45. The minimum Gasteiger partial charge on any atom is -0.355 e. The quantitative estimate of drug-likeness (QED) is 0.881. The molecular formula is C19H24N6OS. The van der Waals surface area contributed by atoms with Gasteiger partial charge in [-0.3, -0.25) is 10.2 Å². The number of anilines is 3. The van der Waals surface area contributed by atoms with Crippen molar-refractivity contribution in [3.8, 4) is 0 Å². The van der Waals surface area contributed by atoms with Crippen LogP contribution >= 0.6 is 11.3 Å². The van der Waals surface area contributed by atoms with Gasteiger partial charge in [0.2, 0.25) is 0 Å². The zero-order chi connectivity index (χ0) is 18.5. The van der Waals surface area contributed by atoms with Crippen molar-refractivity contribution in [2.75, 3.05) is 42.3 Å². The van der Waals surface area contributed by atoms with E-state index in [2.05, 4.69) is 46.3 Å². The van der Waals surface area contributed by atoms with Crippen LogP contribution in [0.5, 0.6) is 0 Å². The van der Waals surface area contributed by atoms with Crippen LogP contribution in [0.4, 0.5) is 21.6 Å².